The Kier molecular flexibility index (Phi) is 4.14. The molecule has 1 amide bonds. The summed E-state index contributed by atoms with van der Waals surface area (Å²) in [6.07, 6.45) is 12.0. The van der Waals surface area contributed by atoms with Crippen LogP contribution in [0.25, 0.3) is 0 Å². The molecular formula is C15H22N4O. The topological polar surface area (TPSA) is 58.1 Å². The zero-order valence-corrected chi connectivity index (χ0v) is 11.8. The normalized spacial score (nSPS) is 23.8. The molecule has 5 nitrogen and oxygen atoms in total. The lowest BCUT2D eigenvalue weighted by atomic mass is 9.88. The van der Waals surface area contributed by atoms with Crippen molar-refractivity contribution in [1.82, 2.24) is 14.9 Å². The number of aromatic nitrogens is 2. The minimum atomic E-state index is 0.277. The van der Waals surface area contributed by atoms with Gasteiger partial charge in [0.05, 0.1) is 6.20 Å². The van der Waals surface area contributed by atoms with Crippen molar-refractivity contribution < 1.29 is 4.79 Å². The molecule has 2 aliphatic rings. The van der Waals surface area contributed by atoms with Crippen LogP contribution in [0.1, 0.15) is 38.5 Å². The number of hydrogen-bond donors (Lipinski definition) is 1. The summed E-state index contributed by atoms with van der Waals surface area (Å²) in [7, 11) is 0. The first kappa shape index (κ1) is 13.3. The van der Waals surface area contributed by atoms with Gasteiger partial charge in [-0.2, -0.15) is 0 Å². The molecule has 108 valence electrons. The maximum atomic E-state index is 12.5. The Morgan fingerprint density at radius 2 is 2.05 bits per heavy atom. The molecule has 1 saturated carbocycles. The maximum Gasteiger partial charge on any atom is 0.225 e. The Morgan fingerprint density at radius 3 is 2.80 bits per heavy atom. The van der Waals surface area contributed by atoms with Gasteiger partial charge < -0.3 is 10.2 Å². The fraction of sp³-hybridized carbons (Fsp3) is 0.667. The third kappa shape index (κ3) is 3.08. The van der Waals surface area contributed by atoms with Crippen LogP contribution >= 0.6 is 0 Å². The number of hydrogen-bond acceptors (Lipinski definition) is 4. The summed E-state index contributed by atoms with van der Waals surface area (Å²) < 4.78 is 0. The zero-order valence-electron chi connectivity index (χ0n) is 11.8. The predicted molar refractivity (Wildman–Crippen MR) is 77.2 cm³/mol. The summed E-state index contributed by atoms with van der Waals surface area (Å²) in [5, 5.41) is 3.36. The largest absolute Gasteiger partial charge is 0.364 e. The number of carbonyl (C=O) groups excluding carboxylic acids is 1. The maximum absolute atomic E-state index is 12.5. The lowest BCUT2D eigenvalue weighted by Crippen LogP contribution is -2.36. The van der Waals surface area contributed by atoms with Gasteiger partial charge in [0, 0.05) is 37.4 Å². The van der Waals surface area contributed by atoms with Gasteiger partial charge in [0.1, 0.15) is 5.82 Å². The van der Waals surface area contributed by atoms with Crippen LogP contribution in [0.15, 0.2) is 18.6 Å². The van der Waals surface area contributed by atoms with E-state index in [0.717, 1.165) is 38.2 Å². The van der Waals surface area contributed by atoms with Crippen molar-refractivity contribution in [2.24, 2.45) is 5.92 Å². The number of carbonyl (C=O) groups is 1. The number of likely N-dealkylation sites (tertiary alicyclic amines) is 1. The van der Waals surface area contributed by atoms with Crippen LogP contribution in [0.3, 0.4) is 0 Å². The first-order chi connectivity index (χ1) is 9.83. The molecule has 0 radical (unpaired) electrons. The second-order valence-corrected chi connectivity index (χ2v) is 5.84. The molecule has 1 unspecified atom stereocenters. The summed E-state index contributed by atoms with van der Waals surface area (Å²) in [6, 6.07) is 0.305. The van der Waals surface area contributed by atoms with Crippen molar-refractivity contribution in [3.8, 4) is 0 Å². The molecule has 1 aromatic rings. The van der Waals surface area contributed by atoms with Crippen LogP contribution in [-0.4, -0.2) is 39.9 Å². The second kappa shape index (κ2) is 6.20. The van der Waals surface area contributed by atoms with E-state index in [1.54, 1.807) is 18.6 Å². The van der Waals surface area contributed by atoms with Gasteiger partial charge in [-0.3, -0.25) is 9.78 Å². The average molecular weight is 274 g/mol. The molecule has 1 aliphatic carbocycles. The third-order valence-corrected chi connectivity index (χ3v) is 4.37. The Bertz CT molecular complexity index is 444. The van der Waals surface area contributed by atoms with Crippen molar-refractivity contribution in [3.05, 3.63) is 18.6 Å². The molecule has 1 aliphatic heterocycles. The van der Waals surface area contributed by atoms with Crippen molar-refractivity contribution in [3.63, 3.8) is 0 Å². The SMILES string of the molecule is O=C(C1CCCCC1)N1CCC(Nc2cnccn2)C1. The summed E-state index contributed by atoms with van der Waals surface area (Å²) in [4.78, 5) is 22.8. The van der Waals surface area contributed by atoms with E-state index in [1.807, 2.05) is 4.90 Å². The fourth-order valence-electron chi connectivity index (χ4n) is 3.27. The van der Waals surface area contributed by atoms with Gasteiger partial charge in [-0.25, -0.2) is 4.98 Å². The van der Waals surface area contributed by atoms with Gasteiger partial charge in [0.2, 0.25) is 5.91 Å². The summed E-state index contributed by atoms with van der Waals surface area (Å²) in [6.45, 7) is 1.67. The molecule has 5 heteroatoms. The molecule has 2 fully saturated rings. The fourth-order valence-corrected chi connectivity index (χ4v) is 3.27. The van der Waals surface area contributed by atoms with Gasteiger partial charge in [0.25, 0.3) is 0 Å². The molecule has 1 saturated heterocycles. The Morgan fingerprint density at radius 1 is 1.20 bits per heavy atom. The molecule has 2 heterocycles. The summed E-state index contributed by atoms with van der Waals surface area (Å²) >= 11 is 0. The third-order valence-electron chi connectivity index (χ3n) is 4.37. The van der Waals surface area contributed by atoms with E-state index in [4.69, 9.17) is 0 Å². The zero-order chi connectivity index (χ0) is 13.8. The molecule has 3 rings (SSSR count). The highest BCUT2D eigenvalue weighted by Gasteiger charge is 2.31. The van der Waals surface area contributed by atoms with Crippen LogP contribution in [-0.2, 0) is 4.79 Å². The quantitative estimate of drug-likeness (QED) is 0.916. The molecule has 1 atom stereocenters. The highest BCUT2D eigenvalue weighted by atomic mass is 16.2. The average Bonchev–Trinajstić information content (AvgIpc) is 2.97. The summed E-state index contributed by atoms with van der Waals surface area (Å²) in [5.74, 6) is 1.44. The van der Waals surface area contributed by atoms with Crippen molar-refractivity contribution in [1.29, 1.82) is 0 Å². The highest BCUT2D eigenvalue weighted by molar-refractivity contribution is 5.79. The first-order valence-electron chi connectivity index (χ1n) is 7.64. The van der Waals surface area contributed by atoms with Crippen LogP contribution in [0.2, 0.25) is 0 Å². The lowest BCUT2D eigenvalue weighted by Gasteiger charge is -2.26. The predicted octanol–water partition coefficient (Wildman–Crippen LogP) is 2.07. The Balaban J connectivity index is 1.52. The number of nitrogens with one attached hydrogen (secondary N) is 1. The van der Waals surface area contributed by atoms with Gasteiger partial charge >= 0.3 is 0 Å². The first-order valence-corrected chi connectivity index (χ1v) is 7.64. The monoisotopic (exact) mass is 274 g/mol. The van der Waals surface area contributed by atoms with E-state index in [-0.39, 0.29) is 5.92 Å². The smallest absolute Gasteiger partial charge is 0.225 e. The van der Waals surface area contributed by atoms with E-state index < -0.39 is 0 Å². The van der Waals surface area contributed by atoms with Gasteiger partial charge in [-0.1, -0.05) is 19.3 Å². The minimum Gasteiger partial charge on any atom is -0.364 e. The number of anilines is 1. The van der Waals surface area contributed by atoms with E-state index in [9.17, 15) is 4.79 Å². The van der Waals surface area contributed by atoms with Crippen molar-refractivity contribution in [2.75, 3.05) is 18.4 Å². The highest BCUT2D eigenvalue weighted by Crippen LogP contribution is 2.27. The van der Waals surface area contributed by atoms with Crippen LogP contribution < -0.4 is 5.32 Å². The van der Waals surface area contributed by atoms with Crippen LogP contribution in [0.4, 0.5) is 5.82 Å². The molecule has 0 bridgehead atoms. The Labute approximate surface area is 119 Å². The second-order valence-electron chi connectivity index (χ2n) is 5.84. The number of nitrogens with zero attached hydrogens (tertiary/aromatic N) is 3. The molecule has 20 heavy (non-hydrogen) atoms. The summed E-state index contributed by atoms with van der Waals surface area (Å²) in [5.41, 5.74) is 0. The van der Waals surface area contributed by atoms with Gasteiger partial charge in [-0.15, -0.1) is 0 Å². The van der Waals surface area contributed by atoms with E-state index in [0.29, 0.717) is 11.9 Å². The van der Waals surface area contributed by atoms with Crippen LogP contribution in [0, 0.1) is 5.92 Å². The Hall–Kier alpha value is -1.65. The molecule has 1 N–H and O–H groups in total. The van der Waals surface area contributed by atoms with E-state index in [1.165, 1.54) is 19.3 Å². The molecule has 1 aromatic heterocycles. The lowest BCUT2D eigenvalue weighted by molar-refractivity contribution is -0.135. The van der Waals surface area contributed by atoms with Crippen molar-refractivity contribution >= 4 is 11.7 Å². The molecule has 0 spiro atoms. The standard InChI is InChI=1S/C15H22N4O/c20-15(12-4-2-1-3-5-12)19-9-6-13(11-19)18-14-10-16-7-8-17-14/h7-8,10,12-13H,1-6,9,11H2,(H,17,18). The van der Waals surface area contributed by atoms with Crippen molar-refractivity contribution in [2.45, 2.75) is 44.6 Å². The van der Waals surface area contributed by atoms with Crippen LogP contribution in [0.5, 0.6) is 0 Å². The number of amides is 1. The van der Waals surface area contributed by atoms with Gasteiger partial charge in [-0.05, 0) is 19.3 Å². The van der Waals surface area contributed by atoms with E-state index in [2.05, 4.69) is 15.3 Å². The molecular weight excluding hydrogens is 252 g/mol. The van der Waals surface area contributed by atoms with E-state index >= 15 is 0 Å². The molecule has 0 aromatic carbocycles. The number of rotatable bonds is 3. The minimum absolute atomic E-state index is 0.277. The van der Waals surface area contributed by atoms with Gasteiger partial charge in [0.15, 0.2) is 0 Å².